The van der Waals surface area contributed by atoms with E-state index in [9.17, 15) is 21.6 Å². The van der Waals surface area contributed by atoms with Crippen molar-refractivity contribution in [3.05, 3.63) is 0 Å². The molecule has 0 heterocycles. The number of alkyl halides is 3. The topological polar surface area (TPSA) is 63.6 Å². The minimum Gasteiger partial charge on any atom is -0.332 e. The molecule has 0 aromatic carbocycles. The van der Waals surface area contributed by atoms with Crippen molar-refractivity contribution in [2.45, 2.75) is 6.92 Å². The van der Waals surface area contributed by atoms with Crippen molar-refractivity contribution in [1.82, 2.24) is 0 Å². The van der Waals surface area contributed by atoms with E-state index in [4.69, 9.17) is 4.55 Å². The van der Waals surface area contributed by atoms with Crippen LogP contribution in [-0.4, -0.2) is 39.6 Å². The quantitative estimate of drug-likeness (QED) is 0.737. The van der Waals surface area contributed by atoms with E-state index in [0.717, 1.165) is 0 Å². The maximum Gasteiger partial charge on any atom is 0.289 e. The molecular formula is C5H13F3O4S. The summed E-state index contributed by atoms with van der Waals surface area (Å²) in [4.78, 5) is 0. The van der Waals surface area contributed by atoms with E-state index in [1.165, 1.54) is 6.92 Å². The lowest BCUT2D eigenvalue weighted by Gasteiger charge is -1.91. The van der Waals surface area contributed by atoms with Gasteiger partial charge < -0.3 is 4.74 Å². The zero-order chi connectivity index (χ0) is 11.3. The van der Waals surface area contributed by atoms with Crippen molar-refractivity contribution in [2.24, 2.45) is 0 Å². The molecule has 0 rings (SSSR count). The summed E-state index contributed by atoms with van der Waals surface area (Å²) in [6.07, 6.45) is 0. The van der Waals surface area contributed by atoms with Crippen molar-refractivity contribution < 1.29 is 30.9 Å². The highest BCUT2D eigenvalue weighted by Crippen LogP contribution is 1.82. The van der Waals surface area contributed by atoms with Crippen LogP contribution in [0.4, 0.5) is 13.2 Å². The SMILES string of the molecule is CCF.CF.O=S(=O)(O)COCF. The highest BCUT2D eigenvalue weighted by molar-refractivity contribution is 7.85. The van der Waals surface area contributed by atoms with E-state index in [2.05, 4.69) is 4.74 Å². The van der Waals surface area contributed by atoms with E-state index < -0.39 is 22.9 Å². The van der Waals surface area contributed by atoms with Crippen LogP contribution in [0.25, 0.3) is 0 Å². The molecule has 0 aliphatic heterocycles. The summed E-state index contributed by atoms with van der Waals surface area (Å²) >= 11 is 0. The Kier molecular flexibility index (Phi) is 20.1. The van der Waals surface area contributed by atoms with Crippen LogP contribution in [0.15, 0.2) is 0 Å². The standard InChI is InChI=1S/C2H5FO4S.C2H5F.CH3F/c3-1-7-2-8(4,5)6;1-2-3;1-2/h1-2H2,(H,4,5,6);2H2,1H3;1H3. The second-order valence-corrected chi connectivity index (χ2v) is 2.68. The molecule has 13 heavy (non-hydrogen) atoms. The summed E-state index contributed by atoms with van der Waals surface area (Å²) in [5.74, 6) is -0.983. The molecule has 0 aromatic rings. The maximum absolute atomic E-state index is 10.9. The third-order valence-electron chi connectivity index (χ3n) is 0.309. The number of rotatable bonds is 3. The lowest BCUT2D eigenvalue weighted by Crippen LogP contribution is -2.06. The fourth-order valence-corrected chi connectivity index (χ4v) is 0.410. The van der Waals surface area contributed by atoms with Crippen LogP contribution in [0.5, 0.6) is 0 Å². The number of hydrogen-bond donors (Lipinski definition) is 1. The molecule has 0 fully saturated rings. The van der Waals surface area contributed by atoms with Crippen molar-refractivity contribution in [2.75, 3.05) is 26.7 Å². The van der Waals surface area contributed by atoms with Crippen LogP contribution in [0.1, 0.15) is 6.92 Å². The van der Waals surface area contributed by atoms with E-state index in [-0.39, 0.29) is 6.67 Å². The molecule has 4 nitrogen and oxygen atoms in total. The van der Waals surface area contributed by atoms with Crippen molar-refractivity contribution >= 4 is 10.1 Å². The highest BCUT2D eigenvalue weighted by atomic mass is 32.2. The Hall–Kier alpha value is -0.340. The molecule has 0 amide bonds. The van der Waals surface area contributed by atoms with Gasteiger partial charge in [0.2, 0.25) is 0 Å². The lowest BCUT2D eigenvalue weighted by molar-refractivity contribution is 0.0853. The molecule has 0 unspecified atom stereocenters. The fraction of sp³-hybridized carbons (Fsp3) is 1.00. The predicted molar refractivity (Wildman–Crippen MR) is 42.2 cm³/mol. The molecule has 0 aliphatic carbocycles. The number of hydrogen-bond acceptors (Lipinski definition) is 3. The molecule has 0 saturated heterocycles. The van der Waals surface area contributed by atoms with Crippen molar-refractivity contribution in [3.63, 3.8) is 0 Å². The van der Waals surface area contributed by atoms with Gasteiger partial charge in [0.25, 0.3) is 10.1 Å². The Morgan fingerprint density at radius 3 is 1.69 bits per heavy atom. The summed E-state index contributed by atoms with van der Waals surface area (Å²) in [7, 11) is -3.65. The van der Waals surface area contributed by atoms with E-state index in [1.54, 1.807) is 0 Å². The maximum atomic E-state index is 10.9. The van der Waals surface area contributed by atoms with Crippen LogP contribution in [0.2, 0.25) is 0 Å². The van der Waals surface area contributed by atoms with Gasteiger partial charge in [0.1, 0.15) is 0 Å². The minimum atomic E-state index is -4.15. The first-order valence-corrected chi connectivity index (χ1v) is 4.61. The van der Waals surface area contributed by atoms with Gasteiger partial charge in [-0.1, -0.05) is 0 Å². The monoisotopic (exact) mass is 226 g/mol. The van der Waals surface area contributed by atoms with Crippen molar-refractivity contribution in [3.8, 4) is 0 Å². The van der Waals surface area contributed by atoms with E-state index in [1.807, 2.05) is 0 Å². The normalized spacial score (nSPS) is 9.08. The fourth-order valence-electron chi connectivity index (χ4n) is 0.137. The second kappa shape index (κ2) is 14.2. The van der Waals surface area contributed by atoms with Gasteiger partial charge in [-0.15, -0.1) is 0 Å². The average Bonchev–Trinajstić information content (AvgIpc) is 2.05. The summed E-state index contributed by atoms with van der Waals surface area (Å²) in [5.41, 5.74) is 0. The third-order valence-corrected chi connectivity index (χ3v) is 0.774. The number of ether oxygens (including phenoxy) is 1. The Labute approximate surface area is 75.4 Å². The molecule has 0 aliphatic rings. The third kappa shape index (κ3) is 50.1. The largest absolute Gasteiger partial charge is 0.332 e. The van der Waals surface area contributed by atoms with E-state index in [0.29, 0.717) is 7.18 Å². The van der Waals surface area contributed by atoms with Crippen LogP contribution in [0.3, 0.4) is 0 Å². The molecule has 0 spiro atoms. The first kappa shape index (κ1) is 18.4. The van der Waals surface area contributed by atoms with Crippen LogP contribution in [-0.2, 0) is 14.9 Å². The van der Waals surface area contributed by atoms with Gasteiger partial charge in [0.05, 0.1) is 13.9 Å². The predicted octanol–water partition coefficient (Wildman–Crippen LogP) is 1.34. The molecule has 1 N–H and O–H groups in total. The minimum absolute atomic E-state index is 0.250. The van der Waals surface area contributed by atoms with Crippen LogP contribution in [0, 0.1) is 0 Å². The zero-order valence-corrected chi connectivity index (χ0v) is 8.15. The Bertz CT molecular complexity index is 159. The van der Waals surface area contributed by atoms with Crippen LogP contribution >= 0.6 is 0 Å². The van der Waals surface area contributed by atoms with Gasteiger partial charge in [-0.25, -0.2) is 4.39 Å². The van der Waals surface area contributed by atoms with Gasteiger partial charge in [-0.05, 0) is 6.92 Å². The lowest BCUT2D eigenvalue weighted by atomic mass is 10.9. The first-order chi connectivity index (χ1) is 5.97. The Morgan fingerprint density at radius 1 is 1.31 bits per heavy atom. The molecule has 8 heteroatoms. The van der Waals surface area contributed by atoms with Gasteiger partial charge in [0.15, 0.2) is 12.8 Å². The van der Waals surface area contributed by atoms with Crippen molar-refractivity contribution in [1.29, 1.82) is 0 Å². The van der Waals surface area contributed by atoms with Gasteiger partial charge >= 0.3 is 0 Å². The zero-order valence-electron chi connectivity index (χ0n) is 7.34. The summed E-state index contributed by atoms with van der Waals surface area (Å²) in [5, 5.41) is 0. The molecule has 0 aromatic heterocycles. The molecular weight excluding hydrogens is 213 g/mol. The molecule has 0 radical (unpaired) electrons. The number of halogens is 3. The Morgan fingerprint density at radius 2 is 1.62 bits per heavy atom. The van der Waals surface area contributed by atoms with Crippen LogP contribution < -0.4 is 0 Å². The Balaban J connectivity index is -0.000000169. The summed E-state index contributed by atoms with van der Waals surface area (Å²) in [6.45, 7) is -0.000208. The highest BCUT2D eigenvalue weighted by Gasteiger charge is 2.01. The average molecular weight is 226 g/mol. The molecule has 0 bridgehead atoms. The van der Waals surface area contributed by atoms with Gasteiger partial charge in [-0.2, -0.15) is 8.42 Å². The molecule has 0 atom stereocenters. The van der Waals surface area contributed by atoms with E-state index >= 15 is 0 Å². The first-order valence-electron chi connectivity index (χ1n) is 3.00. The molecule has 84 valence electrons. The van der Waals surface area contributed by atoms with Gasteiger partial charge in [0, 0.05) is 0 Å². The molecule has 0 saturated carbocycles. The smallest absolute Gasteiger partial charge is 0.289 e. The summed E-state index contributed by atoms with van der Waals surface area (Å²) in [6, 6.07) is 0. The summed E-state index contributed by atoms with van der Waals surface area (Å²) < 4.78 is 61.5. The second-order valence-electron chi connectivity index (χ2n) is 1.28. The van der Waals surface area contributed by atoms with Gasteiger partial charge in [-0.3, -0.25) is 13.3 Å².